The van der Waals surface area contributed by atoms with Gasteiger partial charge in [0, 0.05) is 16.7 Å². The maximum Gasteiger partial charge on any atom is 0.234 e. The van der Waals surface area contributed by atoms with Crippen LogP contribution in [0.25, 0.3) is 5.76 Å². The van der Waals surface area contributed by atoms with E-state index in [1.807, 2.05) is 0 Å². The van der Waals surface area contributed by atoms with E-state index in [-0.39, 0.29) is 6.61 Å². The molecule has 0 fully saturated rings. The Labute approximate surface area is 110 Å². The lowest BCUT2D eigenvalue weighted by molar-refractivity contribution is -0.112. The molecule has 1 aliphatic carbocycles. The number of ketones is 2. The number of aryl methyl sites for hydroxylation is 1. The minimum atomic E-state index is -1.15. The molecule has 0 radical (unpaired) electrons. The lowest BCUT2D eigenvalue weighted by Gasteiger charge is -2.36. The number of carbonyl (C=O) groups is 2. The van der Waals surface area contributed by atoms with E-state index in [9.17, 15) is 14.7 Å². The average molecular weight is 258 g/mol. The first kappa shape index (κ1) is 12.1. The van der Waals surface area contributed by atoms with Gasteiger partial charge in [-0.2, -0.15) is 0 Å². The molecule has 0 bridgehead atoms. The Balaban J connectivity index is 2.46. The van der Waals surface area contributed by atoms with Crippen LogP contribution in [0, 0.1) is 6.92 Å². The van der Waals surface area contributed by atoms with Gasteiger partial charge in [0.2, 0.25) is 11.6 Å². The first-order chi connectivity index (χ1) is 8.84. The molecule has 1 N–H and O–H groups in total. The molecule has 19 heavy (non-hydrogen) atoms. The van der Waals surface area contributed by atoms with E-state index in [1.165, 1.54) is 0 Å². The summed E-state index contributed by atoms with van der Waals surface area (Å²) in [6, 6.07) is 3.56. The maximum atomic E-state index is 12.2. The van der Waals surface area contributed by atoms with E-state index in [0.717, 1.165) is 5.56 Å². The third-order valence-electron chi connectivity index (χ3n) is 3.83. The molecule has 1 atom stereocenters. The lowest BCUT2D eigenvalue weighted by Crippen LogP contribution is -2.37. The van der Waals surface area contributed by atoms with Gasteiger partial charge in [-0.1, -0.05) is 12.1 Å². The number of allylic oxidation sites excluding steroid dienone is 1. The molecule has 98 valence electrons. The van der Waals surface area contributed by atoms with Gasteiger partial charge >= 0.3 is 0 Å². The Hall–Kier alpha value is -1.94. The Morgan fingerprint density at radius 2 is 1.84 bits per heavy atom. The van der Waals surface area contributed by atoms with Crippen molar-refractivity contribution in [1.82, 2.24) is 0 Å². The molecule has 1 aliphatic heterocycles. The highest BCUT2D eigenvalue weighted by molar-refractivity contribution is 6.52. The molecule has 1 aromatic carbocycles. The molecule has 0 saturated heterocycles. The molecule has 4 heteroatoms. The highest BCUT2D eigenvalue weighted by Crippen LogP contribution is 2.42. The van der Waals surface area contributed by atoms with Crippen LogP contribution in [-0.2, 0) is 15.1 Å². The van der Waals surface area contributed by atoms with E-state index >= 15 is 0 Å². The first-order valence-corrected chi connectivity index (χ1v) is 6.14. The highest BCUT2D eigenvalue weighted by atomic mass is 16.5. The van der Waals surface area contributed by atoms with E-state index in [2.05, 4.69) is 0 Å². The van der Waals surface area contributed by atoms with E-state index in [1.54, 1.807) is 32.9 Å². The van der Waals surface area contributed by atoms with Crippen LogP contribution in [0.15, 0.2) is 17.7 Å². The van der Waals surface area contributed by atoms with Crippen molar-refractivity contribution in [1.29, 1.82) is 0 Å². The van der Waals surface area contributed by atoms with Crippen LogP contribution < -0.4 is 0 Å². The van der Waals surface area contributed by atoms with Crippen LogP contribution in [0.2, 0.25) is 0 Å². The van der Waals surface area contributed by atoms with Crippen molar-refractivity contribution in [2.75, 3.05) is 6.61 Å². The van der Waals surface area contributed by atoms with Gasteiger partial charge in [-0.15, -0.1) is 0 Å². The fourth-order valence-electron chi connectivity index (χ4n) is 2.73. The summed E-state index contributed by atoms with van der Waals surface area (Å²) in [5.74, 6) is -0.606. The number of Topliss-reactive ketones (excluding diaryl/α,β-unsaturated/α-hetero) is 2. The average Bonchev–Trinajstić information content (AvgIpc) is 2.35. The summed E-state index contributed by atoms with van der Waals surface area (Å²) in [6.45, 7) is 5.09. The second kappa shape index (κ2) is 3.54. The topological polar surface area (TPSA) is 63.6 Å². The lowest BCUT2D eigenvalue weighted by atomic mass is 9.78. The molecule has 0 saturated carbocycles. The zero-order valence-electron chi connectivity index (χ0n) is 11.0. The van der Waals surface area contributed by atoms with Crippen molar-refractivity contribution in [3.8, 4) is 0 Å². The van der Waals surface area contributed by atoms with E-state index in [4.69, 9.17) is 4.74 Å². The number of ether oxygens (including phenoxy) is 1. The molecule has 0 spiro atoms. The smallest absolute Gasteiger partial charge is 0.234 e. The van der Waals surface area contributed by atoms with Gasteiger partial charge in [0.15, 0.2) is 0 Å². The standard InChI is InChI=1S/C15H14O4/c1-7-4-5-9-11-10(7)13(17)12(16)8(2)14(11)19-6-15(9,3)18/h4-5,18H,6H2,1-3H3. The fraction of sp³-hybridized carbons (Fsp3) is 0.333. The number of rotatable bonds is 0. The van der Waals surface area contributed by atoms with Gasteiger partial charge in [0.1, 0.15) is 18.0 Å². The maximum absolute atomic E-state index is 12.2. The Morgan fingerprint density at radius 3 is 2.53 bits per heavy atom. The molecule has 0 amide bonds. The molecule has 1 unspecified atom stereocenters. The predicted octanol–water partition coefficient (Wildman–Crippen LogP) is 1.73. The molecular formula is C15H14O4. The molecule has 1 aromatic rings. The number of carbonyl (C=O) groups excluding carboxylic acids is 2. The van der Waals surface area contributed by atoms with Crippen molar-refractivity contribution in [2.24, 2.45) is 0 Å². The second-order valence-electron chi connectivity index (χ2n) is 5.35. The summed E-state index contributed by atoms with van der Waals surface area (Å²) in [5.41, 5.74) is 1.49. The summed E-state index contributed by atoms with van der Waals surface area (Å²) >= 11 is 0. The van der Waals surface area contributed by atoms with Crippen molar-refractivity contribution < 1.29 is 19.4 Å². The molecular weight excluding hydrogens is 244 g/mol. The fourth-order valence-corrected chi connectivity index (χ4v) is 2.73. The molecule has 4 nitrogen and oxygen atoms in total. The van der Waals surface area contributed by atoms with Crippen molar-refractivity contribution in [3.63, 3.8) is 0 Å². The summed E-state index contributed by atoms with van der Waals surface area (Å²) in [7, 11) is 0. The van der Waals surface area contributed by atoms with Gasteiger partial charge in [-0.05, 0) is 31.9 Å². The van der Waals surface area contributed by atoms with Crippen LogP contribution in [0.1, 0.15) is 40.9 Å². The number of hydrogen-bond acceptors (Lipinski definition) is 4. The van der Waals surface area contributed by atoms with Gasteiger partial charge in [-0.3, -0.25) is 9.59 Å². The van der Waals surface area contributed by atoms with Crippen molar-refractivity contribution in [2.45, 2.75) is 26.4 Å². The minimum Gasteiger partial charge on any atom is -0.489 e. The van der Waals surface area contributed by atoms with E-state index in [0.29, 0.717) is 28.0 Å². The zero-order valence-corrected chi connectivity index (χ0v) is 11.0. The minimum absolute atomic E-state index is 0.0800. The number of aliphatic hydroxyl groups is 1. The number of benzene rings is 1. The molecule has 0 aromatic heterocycles. The van der Waals surface area contributed by atoms with Gasteiger partial charge in [0.05, 0.1) is 0 Å². The SMILES string of the molecule is CC1=C2OCC(C)(O)c3ccc(C)c(c32)C(=O)C1=O. The van der Waals surface area contributed by atoms with E-state index < -0.39 is 17.2 Å². The summed E-state index contributed by atoms with van der Waals surface area (Å²) in [4.78, 5) is 24.1. The van der Waals surface area contributed by atoms with Crippen LogP contribution in [0.4, 0.5) is 0 Å². The largest absolute Gasteiger partial charge is 0.489 e. The van der Waals surface area contributed by atoms with Crippen molar-refractivity contribution in [3.05, 3.63) is 40.0 Å². The summed E-state index contributed by atoms with van der Waals surface area (Å²) in [5, 5.41) is 10.4. The summed E-state index contributed by atoms with van der Waals surface area (Å²) < 4.78 is 5.54. The monoisotopic (exact) mass is 258 g/mol. The third-order valence-corrected chi connectivity index (χ3v) is 3.83. The Morgan fingerprint density at radius 1 is 1.16 bits per heavy atom. The first-order valence-electron chi connectivity index (χ1n) is 6.14. The Bertz CT molecular complexity index is 665. The van der Waals surface area contributed by atoms with Gasteiger partial charge in [0.25, 0.3) is 0 Å². The van der Waals surface area contributed by atoms with Crippen LogP contribution >= 0.6 is 0 Å². The zero-order chi connectivity index (χ0) is 13.9. The molecule has 3 rings (SSSR count). The quantitative estimate of drug-likeness (QED) is 0.720. The van der Waals surface area contributed by atoms with Crippen molar-refractivity contribution >= 4 is 17.3 Å². The third kappa shape index (κ3) is 1.43. The molecule has 2 aliphatic rings. The Kier molecular flexibility index (Phi) is 2.26. The van der Waals surface area contributed by atoms with Crippen LogP contribution in [0.5, 0.6) is 0 Å². The van der Waals surface area contributed by atoms with Crippen LogP contribution in [-0.4, -0.2) is 23.3 Å². The summed E-state index contributed by atoms with van der Waals surface area (Å²) in [6.07, 6.45) is 0. The predicted molar refractivity (Wildman–Crippen MR) is 68.6 cm³/mol. The normalized spacial score (nSPS) is 25.3. The van der Waals surface area contributed by atoms with Gasteiger partial charge < -0.3 is 9.84 Å². The highest BCUT2D eigenvalue weighted by Gasteiger charge is 2.42. The number of hydrogen-bond donors (Lipinski definition) is 1. The second-order valence-corrected chi connectivity index (χ2v) is 5.35. The molecule has 1 heterocycles. The van der Waals surface area contributed by atoms with Crippen LogP contribution in [0.3, 0.4) is 0 Å². The van der Waals surface area contributed by atoms with Gasteiger partial charge in [-0.25, -0.2) is 0 Å².